The van der Waals surface area contributed by atoms with Crippen LogP contribution in [0.3, 0.4) is 0 Å². The number of hydrogen-bond acceptors (Lipinski definition) is 8. The van der Waals surface area contributed by atoms with Gasteiger partial charge >= 0.3 is 24.3 Å². The molecule has 0 bridgehead atoms. The van der Waals surface area contributed by atoms with Crippen molar-refractivity contribution in [1.82, 2.24) is 24.9 Å². The van der Waals surface area contributed by atoms with Crippen molar-refractivity contribution >= 4 is 40.7 Å². The van der Waals surface area contributed by atoms with E-state index in [0.29, 0.717) is 11.0 Å². The van der Waals surface area contributed by atoms with Gasteiger partial charge in [-0.1, -0.05) is 29.8 Å². The van der Waals surface area contributed by atoms with Gasteiger partial charge in [-0.3, -0.25) is 4.98 Å². The zero-order valence-corrected chi connectivity index (χ0v) is 23.0. The molecule has 0 amide bonds. The van der Waals surface area contributed by atoms with Crippen molar-refractivity contribution in [1.29, 1.82) is 0 Å². The van der Waals surface area contributed by atoms with E-state index in [1.54, 1.807) is 23.1 Å². The zero-order valence-electron chi connectivity index (χ0n) is 22.2. The summed E-state index contributed by atoms with van der Waals surface area (Å²) in [6.07, 6.45) is -2.64. The minimum atomic E-state index is -5.08. The lowest BCUT2D eigenvalue weighted by molar-refractivity contribution is -0.193. The molecule has 11 nitrogen and oxygen atoms in total. The Bertz CT molecular complexity index is 1550. The monoisotopic (exact) mass is 648 g/mol. The number of hydrogen-bond donors (Lipinski definition) is 4. The third-order valence-electron chi connectivity index (χ3n) is 5.59. The van der Waals surface area contributed by atoms with Crippen molar-refractivity contribution < 1.29 is 50.9 Å². The third-order valence-corrected chi connectivity index (χ3v) is 5.92. The van der Waals surface area contributed by atoms with Crippen molar-refractivity contribution in [2.24, 2.45) is 0 Å². The number of nitrogens with one attached hydrogen (secondary N) is 2. The Kier molecular flexibility index (Phi) is 11.3. The Hall–Kier alpha value is -4.64. The van der Waals surface area contributed by atoms with E-state index in [2.05, 4.69) is 20.6 Å². The predicted molar refractivity (Wildman–Crippen MR) is 145 cm³/mol. The lowest BCUT2D eigenvalue weighted by atomic mass is 10.1. The minimum Gasteiger partial charge on any atom is -0.487 e. The van der Waals surface area contributed by atoms with E-state index < -0.39 is 24.3 Å². The first-order chi connectivity index (χ1) is 20.7. The van der Waals surface area contributed by atoms with Gasteiger partial charge in [0, 0.05) is 24.4 Å². The average Bonchev–Trinajstić information content (AvgIpc) is 3.36. The fourth-order valence-electron chi connectivity index (χ4n) is 3.58. The van der Waals surface area contributed by atoms with Crippen LogP contribution in [-0.2, 0) is 9.59 Å². The number of alkyl halides is 6. The van der Waals surface area contributed by atoms with Crippen LogP contribution < -0.4 is 15.4 Å². The number of nitrogens with zero attached hydrogens (tertiary/aromatic N) is 4. The lowest BCUT2D eigenvalue weighted by Gasteiger charge is -2.25. The number of aromatic nitrogens is 4. The molecule has 0 radical (unpaired) electrons. The summed E-state index contributed by atoms with van der Waals surface area (Å²) >= 11 is 6.36. The van der Waals surface area contributed by atoms with Gasteiger partial charge in [0.25, 0.3) is 0 Å². The summed E-state index contributed by atoms with van der Waals surface area (Å²) in [7, 11) is 0. The highest BCUT2D eigenvalue weighted by Crippen LogP contribution is 2.30. The number of fused-ring (bicyclic) bond motifs is 1. The fourth-order valence-corrected chi connectivity index (χ4v) is 3.81. The predicted octanol–water partition coefficient (Wildman–Crippen LogP) is 5.59. The molecule has 1 atom stereocenters. The molecular weight excluding hydrogens is 626 g/mol. The quantitative estimate of drug-likeness (QED) is 0.202. The number of pyridine rings is 1. The van der Waals surface area contributed by atoms with Gasteiger partial charge in [-0.05, 0) is 37.6 Å². The number of aliphatic carboxylic acids is 2. The van der Waals surface area contributed by atoms with Crippen molar-refractivity contribution in [2.75, 3.05) is 18.4 Å². The van der Waals surface area contributed by atoms with E-state index in [-0.39, 0.29) is 6.10 Å². The van der Waals surface area contributed by atoms with Crippen LogP contribution in [0.4, 0.5) is 38.0 Å². The van der Waals surface area contributed by atoms with E-state index in [4.69, 9.17) is 41.2 Å². The van der Waals surface area contributed by atoms with E-state index in [9.17, 15) is 26.3 Å². The molecule has 0 aliphatic carbocycles. The molecule has 44 heavy (non-hydrogen) atoms. The van der Waals surface area contributed by atoms with Gasteiger partial charge in [0.2, 0.25) is 5.95 Å². The minimum absolute atomic E-state index is 0.142. The molecular formula is C26H23ClF6N6O5. The molecule has 1 aliphatic rings. The van der Waals surface area contributed by atoms with Crippen molar-refractivity contribution in [2.45, 2.75) is 31.3 Å². The lowest BCUT2D eigenvalue weighted by Crippen LogP contribution is -2.37. The first-order valence-corrected chi connectivity index (χ1v) is 12.8. The third kappa shape index (κ3) is 9.70. The van der Waals surface area contributed by atoms with Crippen molar-refractivity contribution in [3.8, 4) is 17.0 Å². The smallest absolute Gasteiger partial charge is 0.487 e. The van der Waals surface area contributed by atoms with Crippen LogP contribution in [0.1, 0.15) is 12.8 Å². The maximum atomic E-state index is 10.6. The normalized spacial score (nSPS) is 14.8. The SMILES string of the molecule is Clc1ccccc1-c1ccc2cnc(Nc3cnccc3O[C@@H]3CCCNC3)n2n1.O=C(O)C(F)(F)F.O=C(O)C(F)(F)F. The van der Waals surface area contributed by atoms with Gasteiger partial charge in [-0.15, -0.1) is 0 Å². The summed E-state index contributed by atoms with van der Waals surface area (Å²) in [5.74, 6) is -4.18. The van der Waals surface area contributed by atoms with Crippen LogP contribution in [0.5, 0.6) is 5.75 Å². The number of carboxylic acids is 2. The molecule has 4 N–H and O–H groups in total. The summed E-state index contributed by atoms with van der Waals surface area (Å²) < 4.78 is 71.4. The molecule has 1 saturated heterocycles. The number of carboxylic acid groups (broad SMARTS) is 2. The summed E-state index contributed by atoms with van der Waals surface area (Å²) in [4.78, 5) is 26.5. The topological polar surface area (TPSA) is 151 Å². The molecule has 3 aromatic heterocycles. The number of halogens is 7. The Labute approximate surface area is 249 Å². The number of ether oxygens (including phenoxy) is 1. The average molecular weight is 649 g/mol. The Morgan fingerprint density at radius 3 is 2.25 bits per heavy atom. The molecule has 1 aliphatic heterocycles. The number of piperidine rings is 1. The van der Waals surface area contributed by atoms with Crippen LogP contribution in [0, 0.1) is 0 Å². The van der Waals surface area contributed by atoms with Gasteiger partial charge < -0.3 is 25.6 Å². The summed E-state index contributed by atoms with van der Waals surface area (Å²) in [6, 6.07) is 13.4. The highest BCUT2D eigenvalue weighted by atomic mass is 35.5. The van der Waals surface area contributed by atoms with Crippen LogP contribution >= 0.6 is 11.6 Å². The maximum Gasteiger partial charge on any atom is 0.490 e. The van der Waals surface area contributed by atoms with E-state index >= 15 is 0 Å². The summed E-state index contributed by atoms with van der Waals surface area (Å²) in [6.45, 7) is 1.89. The van der Waals surface area contributed by atoms with Crippen LogP contribution in [0.25, 0.3) is 16.8 Å². The molecule has 4 aromatic rings. The van der Waals surface area contributed by atoms with Gasteiger partial charge in [0.05, 0.1) is 28.6 Å². The molecule has 0 unspecified atom stereocenters. The number of anilines is 2. The highest BCUT2D eigenvalue weighted by molar-refractivity contribution is 6.33. The van der Waals surface area contributed by atoms with E-state index in [1.807, 2.05) is 42.5 Å². The van der Waals surface area contributed by atoms with Gasteiger partial charge in [-0.2, -0.15) is 36.0 Å². The second-order valence-corrected chi connectivity index (χ2v) is 9.21. The molecule has 18 heteroatoms. The second kappa shape index (κ2) is 14.7. The molecule has 0 spiro atoms. The molecule has 1 aromatic carbocycles. The molecule has 0 saturated carbocycles. The zero-order chi connectivity index (χ0) is 32.5. The van der Waals surface area contributed by atoms with Crippen molar-refractivity contribution in [3.63, 3.8) is 0 Å². The number of rotatable bonds is 5. The number of carbonyl (C=O) groups is 2. The molecule has 5 rings (SSSR count). The Balaban J connectivity index is 0.000000317. The molecule has 4 heterocycles. The second-order valence-electron chi connectivity index (χ2n) is 8.81. The van der Waals surface area contributed by atoms with E-state index in [0.717, 1.165) is 54.1 Å². The standard InChI is InChI=1S/C22H21ClN6O.2C2HF3O2/c23-18-6-2-1-5-17(18)19-8-7-15-12-26-22(29(15)28-19)27-20-14-25-11-9-21(20)30-16-4-3-10-24-13-16;2*3-2(4,5)1(6)7/h1-2,5-9,11-12,14,16,24H,3-4,10,13H2,(H,26,27);2*(H,6,7)/t16-;;/m1../s1. The van der Waals surface area contributed by atoms with Gasteiger partial charge in [0.1, 0.15) is 17.5 Å². The Morgan fingerprint density at radius 2 is 1.66 bits per heavy atom. The summed E-state index contributed by atoms with van der Waals surface area (Å²) in [5.41, 5.74) is 3.26. The highest BCUT2D eigenvalue weighted by Gasteiger charge is 2.38. The van der Waals surface area contributed by atoms with Crippen molar-refractivity contribution in [3.05, 3.63) is 66.1 Å². The van der Waals surface area contributed by atoms with Gasteiger partial charge in [-0.25, -0.2) is 14.6 Å². The summed E-state index contributed by atoms with van der Waals surface area (Å²) in [5, 5.41) is 26.3. The number of imidazole rings is 1. The Morgan fingerprint density at radius 1 is 1.00 bits per heavy atom. The largest absolute Gasteiger partial charge is 0.490 e. The molecule has 236 valence electrons. The fraction of sp³-hybridized carbons (Fsp3) is 0.269. The van der Waals surface area contributed by atoms with Crippen LogP contribution in [0.15, 0.2) is 61.1 Å². The van der Waals surface area contributed by atoms with E-state index in [1.165, 1.54) is 0 Å². The number of benzene rings is 1. The first-order valence-electron chi connectivity index (χ1n) is 12.4. The first kappa shape index (κ1) is 33.9. The van der Waals surface area contributed by atoms with Gasteiger partial charge in [0.15, 0.2) is 0 Å². The van der Waals surface area contributed by atoms with Crippen LogP contribution in [0.2, 0.25) is 5.02 Å². The maximum absolute atomic E-state index is 10.6. The molecule has 1 fully saturated rings. The van der Waals surface area contributed by atoms with Crippen LogP contribution in [-0.4, -0.2) is 73.3 Å².